The fourth-order valence-electron chi connectivity index (χ4n) is 3.19. The van der Waals surface area contributed by atoms with E-state index < -0.39 is 0 Å². The molecule has 3 heterocycles. The summed E-state index contributed by atoms with van der Waals surface area (Å²) >= 11 is 0. The molecule has 0 atom stereocenters. The Kier molecular flexibility index (Phi) is 3.35. The summed E-state index contributed by atoms with van der Waals surface area (Å²) in [6.45, 7) is 0. The lowest BCUT2D eigenvalue weighted by atomic mass is 10.1. The van der Waals surface area contributed by atoms with Gasteiger partial charge in [0.1, 0.15) is 0 Å². The van der Waals surface area contributed by atoms with Crippen LogP contribution in [0.15, 0.2) is 85.5 Å². The number of hydrogen-bond donors (Lipinski definition) is 1. The van der Waals surface area contributed by atoms with Crippen LogP contribution in [0.5, 0.6) is 0 Å². The van der Waals surface area contributed by atoms with E-state index in [1.807, 2.05) is 59.4 Å². The highest BCUT2D eigenvalue weighted by molar-refractivity contribution is 6.05. The Morgan fingerprint density at radius 1 is 0.692 bits per heavy atom. The zero-order valence-electron chi connectivity index (χ0n) is 13.9. The smallest absolute Gasteiger partial charge is 0.212 e. The number of rotatable bonds is 3. The fourth-order valence-corrected chi connectivity index (χ4v) is 3.19. The molecular weight excluding hydrogens is 322 g/mol. The van der Waals surface area contributed by atoms with Crippen LogP contribution in [0.25, 0.3) is 27.5 Å². The average Bonchev–Trinajstić information content (AvgIpc) is 3.16. The van der Waals surface area contributed by atoms with Crippen LogP contribution in [0, 0.1) is 0 Å². The average molecular weight is 337 g/mol. The van der Waals surface area contributed by atoms with E-state index in [9.17, 15) is 0 Å². The minimum atomic E-state index is 0.754. The van der Waals surface area contributed by atoms with Gasteiger partial charge in [-0.05, 0) is 30.3 Å². The third kappa shape index (κ3) is 2.38. The van der Waals surface area contributed by atoms with Gasteiger partial charge in [0.05, 0.1) is 16.7 Å². The van der Waals surface area contributed by atoms with E-state index in [4.69, 9.17) is 0 Å². The third-order valence-corrected chi connectivity index (χ3v) is 4.39. The van der Waals surface area contributed by atoms with E-state index in [1.54, 1.807) is 12.4 Å². The Morgan fingerprint density at radius 3 is 2.50 bits per heavy atom. The van der Waals surface area contributed by atoms with Gasteiger partial charge in [0.2, 0.25) is 5.95 Å². The van der Waals surface area contributed by atoms with E-state index in [2.05, 4.69) is 38.5 Å². The normalized spacial score (nSPS) is 11.1. The van der Waals surface area contributed by atoms with Crippen LogP contribution in [-0.2, 0) is 0 Å². The molecule has 0 spiro atoms. The van der Waals surface area contributed by atoms with Gasteiger partial charge in [-0.15, -0.1) is 0 Å². The highest BCUT2D eigenvalue weighted by Crippen LogP contribution is 2.28. The number of hydrogen-bond acceptors (Lipinski definition) is 4. The molecule has 0 saturated carbocycles. The van der Waals surface area contributed by atoms with E-state index in [0.29, 0.717) is 0 Å². The second kappa shape index (κ2) is 5.97. The van der Waals surface area contributed by atoms with E-state index >= 15 is 0 Å². The zero-order valence-corrected chi connectivity index (χ0v) is 13.9. The lowest BCUT2D eigenvalue weighted by Crippen LogP contribution is -2.02. The van der Waals surface area contributed by atoms with Crippen molar-refractivity contribution in [2.45, 2.75) is 0 Å². The van der Waals surface area contributed by atoms with Crippen LogP contribution in [0.3, 0.4) is 0 Å². The molecule has 0 fully saturated rings. The number of fused-ring (bicyclic) bond motifs is 3. The topological polar surface area (TPSA) is 55.6 Å². The van der Waals surface area contributed by atoms with Gasteiger partial charge in [0, 0.05) is 41.2 Å². The number of imidazole rings is 1. The van der Waals surface area contributed by atoms with Gasteiger partial charge < -0.3 is 5.32 Å². The molecule has 0 radical (unpaired) electrons. The number of nitrogens with zero attached hydrogens (tertiary/aromatic N) is 4. The predicted octanol–water partition coefficient (Wildman–Crippen LogP) is 4.71. The summed E-state index contributed by atoms with van der Waals surface area (Å²) < 4.78 is 2.03. The maximum absolute atomic E-state index is 4.58. The molecule has 0 amide bonds. The molecule has 5 aromatic rings. The van der Waals surface area contributed by atoms with Gasteiger partial charge in [0.25, 0.3) is 0 Å². The Labute approximate surface area is 150 Å². The molecule has 0 saturated heterocycles. The summed E-state index contributed by atoms with van der Waals surface area (Å²) in [6, 6.07) is 20.2. The van der Waals surface area contributed by atoms with Crippen LogP contribution in [0.4, 0.5) is 11.6 Å². The highest BCUT2D eigenvalue weighted by atomic mass is 15.2. The molecule has 26 heavy (non-hydrogen) atoms. The van der Waals surface area contributed by atoms with Crippen LogP contribution in [0.2, 0.25) is 0 Å². The van der Waals surface area contributed by atoms with Crippen LogP contribution >= 0.6 is 0 Å². The van der Waals surface area contributed by atoms with Crippen molar-refractivity contribution in [2.24, 2.45) is 0 Å². The molecular formula is C21H15N5. The van der Waals surface area contributed by atoms with Gasteiger partial charge in [-0.25, -0.2) is 4.98 Å². The minimum Gasteiger partial charge on any atom is -0.325 e. The molecule has 1 N–H and O–H groups in total. The van der Waals surface area contributed by atoms with Crippen molar-refractivity contribution in [1.82, 2.24) is 19.5 Å². The molecule has 0 aliphatic rings. The standard InChI is InChI=1S/C21H15N5/c1-2-6-16(7-3-1)25-21-24-13-14-26(21)18-10-12-23-20-17(18)9-8-15-5-4-11-22-19(15)20/h1-14H,(H,24,25). The Balaban J connectivity index is 1.69. The Morgan fingerprint density at radius 2 is 1.58 bits per heavy atom. The summed E-state index contributed by atoms with van der Waals surface area (Å²) in [4.78, 5) is 13.6. The summed E-state index contributed by atoms with van der Waals surface area (Å²) in [5.41, 5.74) is 3.80. The highest BCUT2D eigenvalue weighted by Gasteiger charge is 2.11. The first kappa shape index (κ1) is 14.6. The van der Waals surface area contributed by atoms with E-state index in [1.165, 1.54) is 0 Å². The number of para-hydroxylation sites is 1. The van der Waals surface area contributed by atoms with Gasteiger partial charge in [-0.3, -0.25) is 14.5 Å². The first-order valence-electron chi connectivity index (χ1n) is 8.38. The summed E-state index contributed by atoms with van der Waals surface area (Å²) in [5.74, 6) is 0.754. The summed E-state index contributed by atoms with van der Waals surface area (Å²) in [6.07, 6.45) is 7.35. The molecule has 0 bridgehead atoms. The van der Waals surface area contributed by atoms with Crippen LogP contribution < -0.4 is 5.32 Å². The van der Waals surface area contributed by atoms with E-state index in [-0.39, 0.29) is 0 Å². The molecule has 3 aromatic heterocycles. The Bertz CT molecular complexity index is 1210. The fraction of sp³-hybridized carbons (Fsp3) is 0. The van der Waals surface area contributed by atoms with Crippen molar-refractivity contribution in [3.63, 3.8) is 0 Å². The third-order valence-electron chi connectivity index (χ3n) is 4.39. The number of aromatic nitrogens is 4. The zero-order chi connectivity index (χ0) is 17.3. The second-order valence-electron chi connectivity index (χ2n) is 5.98. The van der Waals surface area contributed by atoms with Gasteiger partial charge in [-0.2, -0.15) is 0 Å². The van der Waals surface area contributed by atoms with Crippen molar-refractivity contribution < 1.29 is 0 Å². The molecule has 5 nitrogen and oxygen atoms in total. The monoisotopic (exact) mass is 337 g/mol. The molecule has 5 heteroatoms. The largest absolute Gasteiger partial charge is 0.325 e. The maximum atomic E-state index is 4.58. The minimum absolute atomic E-state index is 0.754. The number of pyridine rings is 2. The van der Waals surface area contributed by atoms with Crippen molar-refractivity contribution in [2.75, 3.05) is 5.32 Å². The SMILES string of the molecule is c1ccc(Nc2nccn2-c2ccnc3c2ccc2cccnc23)cc1. The lowest BCUT2D eigenvalue weighted by molar-refractivity contribution is 1.07. The van der Waals surface area contributed by atoms with Crippen molar-refractivity contribution >= 4 is 33.4 Å². The molecule has 2 aromatic carbocycles. The number of nitrogens with one attached hydrogen (secondary N) is 1. The molecule has 0 aliphatic heterocycles. The summed E-state index contributed by atoms with van der Waals surface area (Å²) in [5, 5.41) is 5.49. The number of anilines is 2. The van der Waals surface area contributed by atoms with Gasteiger partial charge >= 0.3 is 0 Å². The van der Waals surface area contributed by atoms with Gasteiger partial charge in [-0.1, -0.05) is 30.3 Å². The number of benzene rings is 2. The van der Waals surface area contributed by atoms with Crippen LogP contribution in [-0.4, -0.2) is 19.5 Å². The molecule has 124 valence electrons. The van der Waals surface area contributed by atoms with Crippen LogP contribution in [0.1, 0.15) is 0 Å². The van der Waals surface area contributed by atoms with Crippen molar-refractivity contribution in [3.8, 4) is 5.69 Å². The maximum Gasteiger partial charge on any atom is 0.212 e. The predicted molar refractivity (Wildman–Crippen MR) is 104 cm³/mol. The van der Waals surface area contributed by atoms with Gasteiger partial charge in [0.15, 0.2) is 0 Å². The quantitative estimate of drug-likeness (QED) is 0.484. The molecule has 0 unspecified atom stereocenters. The Hall–Kier alpha value is -3.73. The second-order valence-corrected chi connectivity index (χ2v) is 5.98. The first-order valence-corrected chi connectivity index (χ1v) is 8.38. The summed E-state index contributed by atoms with van der Waals surface area (Å²) in [7, 11) is 0. The molecule has 5 rings (SSSR count). The first-order chi connectivity index (χ1) is 12.9. The lowest BCUT2D eigenvalue weighted by Gasteiger charge is -2.12. The molecule has 0 aliphatic carbocycles. The van der Waals surface area contributed by atoms with Crippen molar-refractivity contribution in [1.29, 1.82) is 0 Å². The van der Waals surface area contributed by atoms with Crippen molar-refractivity contribution in [3.05, 3.63) is 85.5 Å². The van der Waals surface area contributed by atoms with E-state index in [0.717, 1.165) is 39.1 Å².